The predicted molar refractivity (Wildman–Crippen MR) is 73.5 cm³/mol. The van der Waals surface area contributed by atoms with Gasteiger partial charge in [0.1, 0.15) is 5.75 Å². The number of benzene rings is 1. The predicted octanol–water partition coefficient (Wildman–Crippen LogP) is 1.09. The maximum atomic E-state index is 9.75. The quantitative estimate of drug-likeness (QED) is 0.377. The van der Waals surface area contributed by atoms with Crippen LogP contribution in [0.2, 0.25) is 0 Å². The van der Waals surface area contributed by atoms with E-state index >= 15 is 0 Å². The first-order chi connectivity index (χ1) is 9.74. The summed E-state index contributed by atoms with van der Waals surface area (Å²) in [5.74, 6) is 0.779. The molecule has 3 N–H and O–H groups in total. The summed E-state index contributed by atoms with van der Waals surface area (Å²) in [6, 6.07) is 10.6. The zero-order valence-electron chi connectivity index (χ0n) is 10.8. The summed E-state index contributed by atoms with van der Waals surface area (Å²) in [6.45, 7) is 1.81. The first kappa shape index (κ1) is 12.1. The molecule has 3 rings (SSSR count). The molecule has 0 unspecified atom stereocenters. The minimum Gasteiger partial charge on any atom is -0.507 e. The molecule has 0 bridgehead atoms. The van der Waals surface area contributed by atoms with Crippen LogP contribution >= 0.6 is 0 Å². The Morgan fingerprint density at radius 3 is 3.00 bits per heavy atom. The van der Waals surface area contributed by atoms with Gasteiger partial charge in [0.25, 0.3) is 0 Å². The number of hydrazone groups is 1. The number of H-pyrrole nitrogens is 1. The van der Waals surface area contributed by atoms with E-state index in [-0.39, 0.29) is 5.75 Å². The number of hydrogen-bond donors (Lipinski definition) is 3. The molecule has 0 atom stereocenters. The Bertz CT molecular complexity index is 779. The van der Waals surface area contributed by atoms with Crippen LogP contribution in [0.3, 0.4) is 0 Å². The lowest BCUT2D eigenvalue weighted by molar-refractivity contribution is -0.579. The summed E-state index contributed by atoms with van der Waals surface area (Å²) in [7, 11) is 0. The molecule has 20 heavy (non-hydrogen) atoms. The summed E-state index contributed by atoms with van der Waals surface area (Å²) < 4.78 is 1.60. The van der Waals surface area contributed by atoms with Gasteiger partial charge in [0.05, 0.1) is 5.71 Å². The van der Waals surface area contributed by atoms with Crippen LogP contribution in [0.4, 0.5) is 5.82 Å². The van der Waals surface area contributed by atoms with E-state index < -0.39 is 0 Å². The van der Waals surface area contributed by atoms with Crippen LogP contribution in [0.15, 0.2) is 47.8 Å². The molecule has 0 saturated carbocycles. The minimum absolute atomic E-state index is 0.197. The first-order valence-electron chi connectivity index (χ1n) is 6.05. The van der Waals surface area contributed by atoms with Crippen molar-refractivity contribution in [3.8, 4) is 5.75 Å². The van der Waals surface area contributed by atoms with Gasteiger partial charge in [0.15, 0.2) is 5.82 Å². The Morgan fingerprint density at radius 1 is 1.30 bits per heavy atom. The lowest BCUT2D eigenvalue weighted by atomic mass is 10.1. The highest BCUT2D eigenvalue weighted by Crippen LogP contribution is 2.16. The van der Waals surface area contributed by atoms with Crippen LogP contribution in [0.25, 0.3) is 5.65 Å². The molecule has 0 amide bonds. The number of para-hydroxylation sites is 1. The maximum absolute atomic E-state index is 9.75. The van der Waals surface area contributed by atoms with E-state index in [0.29, 0.717) is 17.1 Å². The lowest BCUT2D eigenvalue weighted by Crippen LogP contribution is -2.24. The molecule has 0 aliphatic heterocycles. The van der Waals surface area contributed by atoms with Crippen LogP contribution < -0.4 is 9.94 Å². The fraction of sp³-hybridized carbons (Fsp3) is 0.0769. The second-order valence-corrected chi connectivity index (χ2v) is 4.22. The van der Waals surface area contributed by atoms with Gasteiger partial charge in [-0.25, -0.2) is 0 Å². The standard InChI is InChI=1S/C13H12N6O/c1-9(10-4-2-3-5-11(10)20)15-16-12-6-7-13-17-14-8-19(13)18-12/h2-8H,1H3,(H2,15,16,17,18,20)/p+1. The number of phenols is 1. The zero-order valence-corrected chi connectivity index (χ0v) is 10.8. The van der Waals surface area contributed by atoms with Crippen LogP contribution in [0.1, 0.15) is 12.5 Å². The van der Waals surface area contributed by atoms with Gasteiger partial charge in [-0.3, -0.25) is 5.43 Å². The van der Waals surface area contributed by atoms with Crippen molar-refractivity contribution in [1.82, 2.24) is 15.3 Å². The monoisotopic (exact) mass is 269 g/mol. The summed E-state index contributed by atoms with van der Waals surface area (Å²) in [4.78, 5) is 0. The van der Waals surface area contributed by atoms with E-state index in [1.54, 1.807) is 35.1 Å². The SMILES string of the molecule is CC(=NNc1ccc2n[nH]c[n+]2n1)c1ccccc1O. The molecule has 3 aromatic rings. The molecule has 7 nitrogen and oxygen atoms in total. The van der Waals surface area contributed by atoms with Gasteiger partial charge in [0.2, 0.25) is 6.33 Å². The van der Waals surface area contributed by atoms with Crippen LogP contribution in [-0.2, 0) is 0 Å². The first-order valence-corrected chi connectivity index (χ1v) is 6.05. The number of aromatic nitrogens is 4. The molecule has 0 fully saturated rings. The van der Waals surface area contributed by atoms with Crippen molar-refractivity contribution < 1.29 is 9.62 Å². The molecule has 100 valence electrons. The van der Waals surface area contributed by atoms with Crippen molar-refractivity contribution in [1.29, 1.82) is 0 Å². The second-order valence-electron chi connectivity index (χ2n) is 4.22. The number of nitrogens with one attached hydrogen (secondary N) is 2. The Labute approximate surface area is 114 Å². The van der Waals surface area contributed by atoms with E-state index in [1.165, 1.54) is 0 Å². The second kappa shape index (κ2) is 4.96. The molecule has 0 aliphatic rings. The van der Waals surface area contributed by atoms with Crippen molar-refractivity contribution in [2.24, 2.45) is 5.10 Å². The maximum Gasteiger partial charge on any atom is 0.325 e. The van der Waals surface area contributed by atoms with E-state index in [2.05, 4.69) is 25.8 Å². The largest absolute Gasteiger partial charge is 0.507 e. The van der Waals surface area contributed by atoms with Gasteiger partial charge < -0.3 is 5.11 Å². The fourth-order valence-electron chi connectivity index (χ4n) is 1.80. The van der Waals surface area contributed by atoms with Crippen molar-refractivity contribution in [2.45, 2.75) is 6.92 Å². The van der Waals surface area contributed by atoms with E-state index in [1.807, 2.05) is 19.1 Å². The van der Waals surface area contributed by atoms with Crippen LogP contribution in [0, 0.1) is 0 Å². The number of anilines is 1. The smallest absolute Gasteiger partial charge is 0.325 e. The van der Waals surface area contributed by atoms with Gasteiger partial charge in [-0.05, 0) is 25.1 Å². The molecule has 0 radical (unpaired) electrons. The summed E-state index contributed by atoms with van der Waals surface area (Å²) >= 11 is 0. The average Bonchev–Trinajstić information content (AvgIpc) is 2.92. The molecule has 7 heteroatoms. The minimum atomic E-state index is 0.197. The Hall–Kier alpha value is -2.96. The molecule has 2 heterocycles. The third-order valence-corrected chi connectivity index (χ3v) is 2.83. The average molecular weight is 269 g/mol. The van der Waals surface area contributed by atoms with Gasteiger partial charge >= 0.3 is 5.65 Å². The number of nitrogens with zero attached hydrogens (tertiary/aromatic N) is 4. The third-order valence-electron chi connectivity index (χ3n) is 2.83. The molecule has 0 spiro atoms. The number of phenolic OH excluding ortho intramolecular Hbond substituents is 1. The van der Waals surface area contributed by atoms with Gasteiger partial charge in [0, 0.05) is 16.7 Å². The summed E-state index contributed by atoms with van der Waals surface area (Å²) in [5, 5.41) is 24.9. The number of aromatic hydroxyl groups is 1. The van der Waals surface area contributed by atoms with E-state index in [0.717, 1.165) is 5.65 Å². The van der Waals surface area contributed by atoms with Crippen molar-refractivity contribution in [3.05, 3.63) is 48.3 Å². The Balaban J connectivity index is 1.84. The van der Waals surface area contributed by atoms with E-state index in [9.17, 15) is 5.11 Å². The highest BCUT2D eigenvalue weighted by Gasteiger charge is 2.06. The Kier molecular flexibility index (Phi) is 3.00. The number of rotatable bonds is 3. The van der Waals surface area contributed by atoms with Gasteiger partial charge in [-0.2, -0.15) is 5.10 Å². The molecule has 2 aromatic heterocycles. The fourth-order valence-corrected chi connectivity index (χ4v) is 1.80. The third kappa shape index (κ3) is 2.28. The number of aromatic amines is 1. The highest BCUT2D eigenvalue weighted by atomic mass is 16.3. The Morgan fingerprint density at radius 2 is 2.15 bits per heavy atom. The van der Waals surface area contributed by atoms with Crippen LogP contribution in [-0.4, -0.2) is 26.1 Å². The molecular weight excluding hydrogens is 256 g/mol. The number of fused-ring (bicyclic) bond motifs is 1. The van der Waals surface area contributed by atoms with Crippen molar-refractivity contribution >= 4 is 17.2 Å². The summed E-state index contributed by atoms with van der Waals surface area (Å²) in [5.41, 5.74) is 4.92. The van der Waals surface area contributed by atoms with Crippen LogP contribution in [0.5, 0.6) is 5.75 Å². The molecular formula is C13H13N6O+. The summed E-state index contributed by atoms with van der Waals surface area (Å²) in [6.07, 6.45) is 1.64. The molecule has 0 aliphatic carbocycles. The highest BCUT2D eigenvalue weighted by molar-refractivity contribution is 6.01. The lowest BCUT2D eigenvalue weighted by Gasteiger charge is -2.04. The van der Waals surface area contributed by atoms with Gasteiger partial charge in [-0.15, -0.1) is 9.61 Å². The zero-order chi connectivity index (χ0) is 13.9. The number of hydrogen-bond acceptors (Lipinski definition) is 5. The van der Waals surface area contributed by atoms with Gasteiger partial charge in [-0.1, -0.05) is 17.2 Å². The van der Waals surface area contributed by atoms with E-state index in [4.69, 9.17) is 0 Å². The topological polar surface area (TPSA) is 90.3 Å². The molecule has 1 aromatic carbocycles. The molecule has 0 saturated heterocycles. The van der Waals surface area contributed by atoms with Crippen molar-refractivity contribution in [3.63, 3.8) is 0 Å². The normalized spacial score (nSPS) is 11.8. The van der Waals surface area contributed by atoms with Crippen molar-refractivity contribution in [2.75, 3.05) is 5.43 Å².